The van der Waals surface area contributed by atoms with Gasteiger partial charge in [-0.2, -0.15) is 0 Å². The van der Waals surface area contributed by atoms with Crippen LogP contribution in [0.1, 0.15) is 17.0 Å². The van der Waals surface area contributed by atoms with E-state index in [9.17, 15) is 4.39 Å². The first kappa shape index (κ1) is 16.8. The Kier molecular flexibility index (Phi) is 5.20. The van der Waals surface area contributed by atoms with Crippen LogP contribution >= 0.6 is 0 Å². The number of aliphatic hydroxyl groups excluding tert-OH is 1. The minimum atomic E-state index is -0.410. The molecule has 8 heteroatoms. The molecule has 0 radical (unpaired) electrons. The van der Waals surface area contributed by atoms with Crippen LogP contribution < -0.4 is 10.6 Å². The van der Waals surface area contributed by atoms with Gasteiger partial charge in [0.1, 0.15) is 5.82 Å². The van der Waals surface area contributed by atoms with E-state index in [0.29, 0.717) is 19.0 Å². The number of aliphatic imine (C=N–C) groups is 1. The van der Waals surface area contributed by atoms with Crippen molar-refractivity contribution < 1.29 is 9.50 Å². The highest BCUT2D eigenvalue weighted by Gasteiger charge is 2.07. The molecule has 0 aliphatic heterocycles. The third-order valence-electron chi connectivity index (χ3n) is 3.76. The lowest BCUT2D eigenvalue weighted by Gasteiger charge is -2.12. The summed E-state index contributed by atoms with van der Waals surface area (Å²) in [6.45, 7) is 0.580. The van der Waals surface area contributed by atoms with E-state index in [2.05, 4.69) is 25.8 Å². The zero-order valence-electron chi connectivity index (χ0n) is 13.8. The number of halogens is 1. The summed E-state index contributed by atoms with van der Waals surface area (Å²) in [4.78, 5) is 4.16. The van der Waals surface area contributed by atoms with Crippen LogP contribution in [0.5, 0.6) is 0 Å². The van der Waals surface area contributed by atoms with Gasteiger partial charge in [-0.1, -0.05) is 12.1 Å². The zero-order chi connectivity index (χ0) is 17.6. The predicted octanol–water partition coefficient (Wildman–Crippen LogP) is 1.23. The fourth-order valence-electron chi connectivity index (χ4n) is 2.44. The average molecular weight is 342 g/mol. The van der Waals surface area contributed by atoms with Crippen molar-refractivity contribution in [1.29, 1.82) is 0 Å². The molecule has 3 aromatic rings. The van der Waals surface area contributed by atoms with E-state index in [1.54, 1.807) is 19.2 Å². The summed E-state index contributed by atoms with van der Waals surface area (Å²) in [5.41, 5.74) is 1.91. The predicted molar refractivity (Wildman–Crippen MR) is 92.3 cm³/mol. The van der Waals surface area contributed by atoms with Crippen molar-refractivity contribution in [2.24, 2.45) is 4.99 Å². The Morgan fingerprint density at radius 1 is 1.20 bits per heavy atom. The molecule has 7 nitrogen and oxygen atoms in total. The van der Waals surface area contributed by atoms with Gasteiger partial charge in [-0.15, -0.1) is 10.2 Å². The average Bonchev–Trinajstić information content (AvgIpc) is 3.06. The molecule has 3 N–H and O–H groups in total. The smallest absolute Gasteiger partial charge is 0.191 e. The van der Waals surface area contributed by atoms with Crippen molar-refractivity contribution in [2.45, 2.75) is 19.7 Å². The SMILES string of the molecule is CN=C(NCc1ccc(F)c(CO)c1)NCc1nnc2ccccn12. The quantitative estimate of drug-likeness (QED) is 0.479. The third-order valence-corrected chi connectivity index (χ3v) is 3.76. The largest absolute Gasteiger partial charge is 0.392 e. The van der Waals surface area contributed by atoms with Gasteiger partial charge < -0.3 is 15.7 Å². The van der Waals surface area contributed by atoms with Crippen LogP contribution in [-0.4, -0.2) is 32.7 Å². The number of hydrogen-bond donors (Lipinski definition) is 3. The Balaban J connectivity index is 1.60. The number of benzene rings is 1. The summed E-state index contributed by atoms with van der Waals surface area (Å²) in [6, 6.07) is 10.4. The molecule has 0 spiro atoms. The zero-order valence-corrected chi connectivity index (χ0v) is 13.8. The number of nitrogens with one attached hydrogen (secondary N) is 2. The van der Waals surface area contributed by atoms with Gasteiger partial charge in [-0.25, -0.2) is 4.39 Å². The molecule has 0 saturated heterocycles. The first-order chi connectivity index (χ1) is 12.2. The Bertz CT molecular complexity index is 892. The van der Waals surface area contributed by atoms with Crippen molar-refractivity contribution >= 4 is 11.6 Å². The maximum atomic E-state index is 13.4. The molecule has 0 fully saturated rings. The van der Waals surface area contributed by atoms with E-state index in [1.807, 2.05) is 28.8 Å². The van der Waals surface area contributed by atoms with E-state index in [-0.39, 0.29) is 12.2 Å². The maximum Gasteiger partial charge on any atom is 0.191 e. The summed E-state index contributed by atoms with van der Waals surface area (Å²) in [5.74, 6) is 0.942. The second-order valence-corrected chi connectivity index (χ2v) is 5.41. The minimum Gasteiger partial charge on any atom is -0.392 e. The molecular weight excluding hydrogens is 323 g/mol. The fraction of sp³-hybridized carbons (Fsp3) is 0.235. The Morgan fingerprint density at radius 2 is 2.04 bits per heavy atom. The summed E-state index contributed by atoms with van der Waals surface area (Å²) in [5, 5.41) is 23.7. The van der Waals surface area contributed by atoms with Gasteiger partial charge in [0.15, 0.2) is 17.4 Å². The molecular formula is C17H19FN6O. The summed E-state index contributed by atoms with van der Waals surface area (Å²) >= 11 is 0. The number of pyridine rings is 1. The van der Waals surface area contributed by atoms with Gasteiger partial charge in [-0.3, -0.25) is 9.39 Å². The molecule has 130 valence electrons. The molecule has 25 heavy (non-hydrogen) atoms. The van der Waals surface area contributed by atoms with Gasteiger partial charge in [0, 0.05) is 25.4 Å². The molecule has 1 aromatic carbocycles. The molecule has 2 heterocycles. The number of guanidine groups is 1. The fourth-order valence-corrected chi connectivity index (χ4v) is 2.44. The number of aromatic nitrogens is 3. The Morgan fingerprint density at radius 3 is 2.84 bits per heavy atom. The highest BCUT2D eigenvalue weighted by atomic mass is 19.1. The van der Waals surface area contributed by atoms with Gasteiger partial charge in [0.2, 0.25) is 0 Å². The number of nitrogens with zero attached hydrogens (tertiary/aromatic N) is 4. The maximum absolute atomic E-state index is 13.4. The van der Waals surface area contributed by atoms with Gasteiger partial charge in [-0.05, 0) is 29.8 Å². The first-order valence-corrected chi connectivity index (χ1v) is 7.82. The lowest BCUT2D eigenvalue weighted by atomic mass is 10.1. The molecule has 0 unspecified atom stereocenters. The monoisotopic (exact) mass is 342 g/mol. The van der Waals surface area contributed by atoms with Crippen molar-refractivity contribution in [2.75, 3.05) is 7.05 Å². The number of rotatable bonds is 5. The number of aliphatic hydroxyl groups is 1. The number of fused-ring (bicyclic) bond motifs is 1. The van der Waals surface area contributed by atoms with Crippen molar-refractivity contribution in [3.05, 3.63) is 65.4 Å². The van der Waals surface area contributed by atoms with Crippen molar-refractivity contribution in [1.82, 2.24) is 25.2 Å². The molecule has 2 aromatic heterocycles. The van der Waals surface area contributed by atoms with Gasteiger partial charge >= 0.3 is 0 Å². The van der Waals surface area contributed by atoms with E-state index in [4.69, 9.17) is 5.11 Å². The molecule has 0 bridgehead atoms. The second kappa shape index (κ2) is 7.71. The lowest BCUT2D eigenvalue weighted by Crippen LogP contribution is -2.36. The summed E-state index contributed by atoms with van der Waals surface area (Å²) in [6.07, 6.45) is 1.90. The Hall–Kier alpha value is -3.00. The molecule has 0 saturated carbocycles. The standard InChI is InChI=1S/C17H19FN6O/c1-19-17(20-9-12-5-6-14(18)13(8-12)11-25)21-10-16-23-22-15-4-2-3-7-24(15)16/h2-8,25H,9-11H2,1H3,(H2,19,20,21). The van der Waals surface area contributed by atoms with Crippen LogP contribution in [0.4, 0.5) is 4.39 Å². The minimum absolute atomic E-state index is 0.275. The van der Waals surface area contributed by atoms with Crippen LogP contribution in [0.15, 0.2) is 47.6 Å². The van der Waals surface area contributed by atoms with E-state index < -0.39 is 5.82 Å². The Labute approximate surface area is 144 Å². The highest BCUT2D eigenvalue weighted by molar-refractivity contribution is 5.79. The van der Waals surface area contributed by atoms with E-state index >= 15 is 0 Å². The van der Waals surface area contributed by atoms with Gasteiger partial charge in [0.25, 0.3) is 0 Å². The van der Waals surface area contributed by atoms with Crippen LogP contribution in [0.25, 0.3) is 5.65 Å². The van der Waals surface area contributed by atoms with Crippen LogP contribution in [0, 0.1) is 5.82 Å². The topological polar surface area (TPSA) is 86.8 Å². The number of hydrogen-bond acceptors (Lipinski definition) is 4. The highest BCUT2D eigenvalue weighted by Crippen LogP contribution is 2.10. The normalized spacial score (nSPS) is 11.7. The summed E-state index contributed by atoms with van der Waals surface area (Å²) < 4.78 is 15.3. The summed E-state index contributed by atoms with van der Waals surface area (Å²) in [7, 11) is 1.67. The van der Waals surface area contributed by atoms with E-state index in [0.717, 1.165) is 17.0 Å². The van der Waals surface area contributed by atoms with Crippen LogP contribution in [0.2, 0.25) is 0 Å². The molecule has 0 amide bonds. The third kappa shape index (κ3) is 3.92. The van der Waals surface area contributed by atoms with Crippen LogP contribution in [-0.2, 0) is 19.7 Å². The van der Waals surface area contributed by atoms with Crippen molar-refractivity contribution in [3.63, 3.8) is 0 Å². The van der Waals surface area contributed by atoms with E-state index in [1.165, 1.54) is 6.07 Å². The second-order valence-electron chi connectivity index (χ2n) is 5.41. The van der Waals surface area contributed by atoms with Crippen LogP contribution in [0.3, 0.4) is 0 Å². The van der Waals surface area contributed by atoms with Crippen molar-refractivity contribution in [3.8, 4) is 0 Å². The molecule has 0 aliphatic rings. The molecule has 3 rings (SSSR count). The first-order valence-electron chi connectivity index (χ1n) is 7.82. The van der Waals surface area contributed by atoms with Gasteiger partial charge in [0.05, 0.1) is 13.2 Å². The lowest BCUT2D eigenvalue weighted by molar-refractivity contribution is 0.275. The molecule has 0 aliphatic carbocycles. The molecule has 0 atom stereocenters.